The minimum absolute atomic E-state index is 0.247. The number of hydrogen-bond acceptors (Lipinski definition) is 4. The first-order valence-corrected chi connectivity index (χ1v) is 6.33. The van der Waals surface area contributed by atoms with Crippen molar-refractivity contribution < 1.29 is 9.47 Å². The Kier molecular flexibility index (Phi) is 2.98. The number of anilines is 1. The summed E-state index contributed by atoms with van der Waals surface area (Å²) in [5.41, 5.74) is 2.97. The largest absolute Gasteiger partial charge is 0.454 e. The van der Waals surface area contributed by atoms with E-state index in [0.717, 1.165) is 22.7 Å². The number of aryl methyl sites for hydroxylation is 2. The molecule has 6 heteroatoms. The standard InChI is InChI=1S/C13H14ClN3O2/c1-8-9(6-17(2)16-8)5-15-11-4-13-12(3-10(11)14)18-7-19-13/h3-4,6,15H,5,7H2,1-2H3. The second-order valence-electron chi connectivity index (χ2n) is 4.45. The molecule has 1 aromatic carbocycles. The zero-order valence-corrected chi connectivity index (χ0v) is 11.5. The van der Waals surface area contributed by atoms with Crippen LogP contribution in [0.25, 0.3) is 0 Å². The maximum absolute atomic E-state index is 6.20. The highest BCUT2D eigenvalue weighted by Crippen LogP contribution is 2.39. The van der Waals surface area contributed by atoms with Gasteiger partial charge in [0.1, 0.15) is 0 Å². The first kappa shape index (κ1) is 12.2. The molecule has 1 aliphatic heterocycles. The second kappa shape index (κ2) is 4.66. The monoisotopic (exact) mass is 279 g/mol. The summed E-state index contributed by atoms with van der Waals surface area (Å²) in [5, 5.41) is 8.21. The molecular formula is C13H14ClN3O2. The summed E-state index contributed by atoms with van der Waals surface area (Å²) in [7, 11) is 1.91. The first-order chi connectivity index (χ1) is 9.13. The van der Waals surface area contributed by atoms with Crippen LogP contribution in [0.4, 0.5) is 5.69 Å². The lowest BCUT2D eigenvalue weighted by atomic mass is 10.2. The van der Waals surface area contributed by atoms with Crippen LogP contribution in [-0.2, 0) is 13.6 Å². The molecule has 0 saturated carbocycles. The van der Waals surface area contributed by atoms with Crippen molar-refractivity contribution in [1.82, 2.24) is 9.78 Å². The van der Waals surface area contributed by atoms with Gasteiger partial charge in [-0.3, -0.25) is 4.68 Å². The number of hydrogen-bond donors (Lipinski definition) is 1. The number of aromatic nitrogens is 2. The van der Waals surface area contributed by atoms with E-state index in [1.165, 1.54) is 0 Å². The number of rotatable bonds is 3. The van der Waals surface area contributed by atoms with Crippen LogP contribution >= 0.6 is 11.6 Å². The Labute approximate surface area is 116 Å². The zero-order chi connectivity index (χ0) is 13.4. The summed E-state index contributed by atoms with van der Waals surface area (Å²) in [6, 6.07) is 3.62. The minimum Gasteiger partial charge on any atom is -0.454 e. The molecule has 1 N–H and O–H groups in total. The topological polar surface area (TPSA) is 48.3 Å². The van der Waals surface area contributed by atoms with E-state index in [0.29, 0.717) is 17.3 Å². The summed E-state index contributed by atoms with van der Waals surface area (Å²) in [5.74, 6) is 1.41. The lowest BCUT2D eigenvalue weighted by Crippen LogP contribution is -2.00. The average molecular weight is 280 g/mol. The van der Waals surface area contributed by atoms with Crippen molar-refractivity contribution in [3.63, 3.8) is 0 Å². The van der Waals surface area contributed by atoms with E-state index in [2.05, 4.69) is 10.4 Å². The molecule has 0 radical (unpaired) electrons. The highest BCUT2D eigenvalue weighted by molar-refractivity contribution is 6.33. The Morgan fingerprint density at radius 1 is 1.37 bits per heavy atom. The van der Waals surface area contributed by atoms with E-state index in [-0.39, 0.29) is 6.79 Å². The van der Waals surface area contributed by atoms with Crippen molar-refractivity contribution in [1.29, 1.82) is 0 Å². The molecule has 0 spiro atoms. The van der Waals surface area contributed by atoms with Crippen LogP contribution in [0.2, 0.25) is 5.02 Å². The summed E-state index contributed by atoms with van der Waals surface area (Å²) in [4.78, 5) is 0. The van der Waals surface area contributed by atoms with Gasteiger partial charge in [0.2, 0.25) is 6.79 Å². The van der Waals surface area contributed by atoms with Crippen LogP contribution in [0.1, 0.15) is 11.3 Å². The van der Waals surface area contributed by atoms with Crippen LogP contribution < -0.4 is 14.8 Å². The van der Waals surface area contributed by atoms with E-state index >= 15 is 0 Å². The van der Waals surface area contributed by atoms with E-state index in [1.807, 2.05) is 26.2 Å². The van der Waals surface area contributed by atoms with Crippen molar-refractivity contribution >= 4 is 17.3 Å². The fourth-order valence-corrected chi connectivity index (χ4v) is 2.29. The lowest BCUT2D eigenvalue weighted by Gasteiger charge is -2.09. The molecule has 0 unspecified atom stereocenters. The van der Waals surface area contributed by atoms with Gasteiger partial charge >= 0.3 is 0 Å². The van der Waals surface area contributed by atoms with Crippen molar-refractivity contribution in [3.8, 4) is 11.5 Å². The highest BCUT2D eigenvalue weighted by Gasteiger charge is 2.16. The fraction of sp³-hybridized carbons (Fsp3) is 0.308. The van der Waals surface area contributed by atoms with Crippen LogP contribution in [0.15, 0.2) is 18.3 Å². The summed E-state index contributed by atoms with van der Waals surface area (Å²) >= 11 is 6.20. The Hall–Kier alpha value is -1.88. The Balaban J connectivity index is 1.78. The van der Waals surface area contributed by atoms with E-state index in [1.54, 1.807) is 10.7 Å². The van der Waals surface area contributed by atoms with Gasteiger partial charge in [-0.25, -0.2) is 0 Å². The van der Waals surface area contributed by atoms with Gasteiger partial charge in [-0.2, -0.15) is 5.10 Å². The predicted molar refractivity (Wildman–Crippen MR) is 72.8 cm³/mol. The van der Waals surface area contributed by atoms with Gasteiger partial charge < -0.3 is 14.8 Å². The minimum atomic E-state index is 0.247. The molecule has 0 amide bonds. The summed E-state index contributed by atoms with van der Waals surface area (Å²) in [6.45, 7) is 2.90. The number of nitrogens with one attached hydrogen (secondary N) is 1. The molecule has 0 bridgehead atoms. The summed E-state index contributed by atoms with van der Waals surface area (Å²) < 4.78 is 12.4. The second-order valence-corrected chi connectivity index (χ2v) is 4.86. The van der Waals surface area contributed by atoms with E-state index in [4.69, 9.17) is 21.1 Å². The fourth-order valence-electron chi connectivity index (χ4n) is 2.07. The predicted octanol–water partition coefficient (Wildman–Crippen LogP) is 2.72. The van der Waals surface area contributed by atoms with Gasteiger partial charge in [-0.1, -0.05) is 11.6 Å². The van der Waals surface area contributed by atoms with Gasteiger partial charge in [-0.15, -0.1) is 0 Å². The quantitative estimate of drug-likeness (QED) is 0.938. The molecule has 3 rings (SSSR count). The average Bonchev–Trinajstić information content (AvgIpc) is 2.92. The molecule has 2 aromatic rings. The summed E-state index contributed by atoms with van der Waals surface area (Å²) in [6.07, 6.45) is 1.99. The smallest absolute Gasteiger partial charge is 0.231 e. The van der Waals surface area contributed by atoms with Crippen LogP contribution in [-0.4, -0.2) is 16.6 Å². The lowest BCUT2D eigenvalue weighted by molar-refractivity contribution is 0.174. The zero-order valence-electron chi connectivity index (χ0n) is 10.7. The number of benzene rings is 1. The van der Waals surface area contributed by atoms with Crippen molar-refractivity contribution in [2.24, 2.45) is 7.05 Å². The Morgan fingerprint density at radius 2 is 2.11 bits per heavy atom. The number of fused-ring (bicyclic) bond motifs is 1. The van der Waals surface area contributed by atoms with Gasteiger partial charge in [0.15, 0.2) is 11.5 Å². The first-order valence-electron chi connectivity index (χ1n) is 5.95. The molecular weight excluding hydrogens is 266 g/mol. The number of nitrogens with zero attached hydrogens (tertiary/aromatic N) is 2. The number of halogens is 1. The molecule has 100 valence electrons. The van der Waals surface area contributed by atoms with E-state index < -0.39 is 0 Å². The van der Waals surface area contributed by atoms with Gasteiger partial charge in [0, 0.05) is 37.5 Å². The SMILES string of the molecule is Cc1nn(C)cc1CNc1cc2c(cc1Cl)OCO2. The Bertz CT molecular complexity index is 625. The third-order valence-corrected chi connectivity index (χ3v) is 3.36. The molecule has 0 aliphatic carbocycles. The molecule has 19 heavy (non-hydrogen) atoms. The maximum atomic E-state index is 6.20. The van der Waals surface area contributed by atoms with Gasteiger partial charge in [0.25, 0.3) is 0 Å². The molecule has 0 atom stereocenters. The van der Waals surface area contributed by atoms with Crippen molar-refractivity contribution in [2.75, 3.05) is 12.1 Å². The molecule has 5 nitrogen and oxygen atoms in total. The molecule has 0 fully saturated rings. The van der Waals surface area contributed by atoms with E-state index in [9.17, 15) is 0 Å². The number of ether oxygens (including phenoxy) is 2. The van der Waals surface area contributed by atoms with Gasteiger partial charge in [-0.05, 0) is 6.92 Å². The van der Waals surface area contributed by atoms with Gasteiger partial charge in [0.05, 0.1) is 16.4 Å². The maximum Gasteiger partial charge on any atom is 0.231 e. The van der Waals surface area contributed by atoms with Crippen molar-refractivity contribution in [2.45, 2.75) is 13.5 Å². The van der Waals surface area contributed by atoms with Crippen LogP contribution in [0.3, 0.4) is 0 Å². The molecule has 1 aromatic heterocycles. The Morgan fingerprint density at radius 3 is 2.79 bits per heavy atom. The molecule has 0 saturated heterocycles. The molecule has 2 heterocycles. The third kappa shape index (κ3) is 2.33. The third-order valence-electron chi connectivity index (χ3n) is 3.05. The van der Waals surface area contributed by atoms with Crippen molar-refractivity contribution in [3.05, 3.63) is 34.6 Å². The molecule has 1 aliphatic rings. The highest BCUT2D eigenvalue weighted by atomic mass is 35.5. The normalized spacial score (nSPS) is 12.8. The van der Waals surface area contributed by atoms with Crippen LogP contribution in [0, 0.1) is 6.92 Å². The van der Waals surface area contributed by atoms with Crippen LogP contribution in [0.5, 0.6) is 11.5 Å².